The molecule has 2 aliphatic rings. The van der Waals surface area contributed by atoms with E-state index in [9.17, 15) is 9.59 Å². The van der Waals surface area contributed by atoms with E-state index < -0.39 is 0 Å². The number of rotatable bonds is 7. The monoisotopic (exact) mass is 435 g/mol. The van der Waals surface area contributed by atoms with Gasteiger partial charge in [-0.3, -0.25) is 19.5 Å². The van der Waals surface area contributed by atoms with E-state index in [0.717, 1.165) is 41.8 Å². The predicted molar refractivity (Wildman–Crippen MR) is 118 cm³/mol. The van der Waals surface area contributed by atoms with Crippen LogP contribution < -0.4 is 15.6 Å². The molecule has 0 atom stereocenters. The summed E-state index contributed by atoms with van der Waals surface area (Å²) in [6.07, 6.45) is 4.20. The molecule has 9 heteroatoms. The smallest absolute Gasteiger partial charge is 0.270 e. The average molecular weight is 435 g/mol. The van der Waals surface area contributed by atoms with E-state index in [2.05, 4.69) is 25.2 Å². The number of aromatic nitrogens is 3. The number of carbonyl (C=O) groups excluding carboxylic acids is 1. The van der Waals surface area contributed by atoms with Gasteiger partial charge in [-0.2, -0.15) is 0 Å². The maximum absolute atomic E-state index is 12.1. The van der Waals surface area contributed by atoms with Gasteiger partial charge < -0.3 is 19.8 Å². The van der Waals surface area contributed by atoms with Gasteiger partial charge in [-0.15, -0.1) is 0 Å². The Morgan fingerprint density at radius 3 is 2.78 bits per heavy atom. The predicted octanol–water partition coefficient (Wildman–Crippen LogP) is 1.27. The number of ether oxygens (including phenoxy) is 2. The first kappa shape index (κ1) is 20.6. The number of hydrogen-bond donors (Lipinski definition) is 2. The van der Waals surface area contributed by atoms with Gasteiger partial charge in [0.1, 0.15) is 17.5 Å². The van der Waals surface area contributed by atoms with Crippen LogP contribution in [-0.2, 0) is 17.7 Å². The van der Waals surface area contributed by atoms with Gasteiger partial charge in [-0.25, -0.2) is 4.98 Å². The van der Waals surface area contributed by atoms with Gasteiger partial charge in [0.05, 0.1) is 36.5 Å². The Labute approximate surface area is 184 Å². The van der Waals surface area contributed by atoms with E-state index in [1.807, 2.05) is 25.3 Å². The molecule has 0 radical (unpaired) electrons. The minimum absolute atomic E-state index is 0.0504. The first-order valence-electron chi connectivity index (χ1n) is 10.8. The highest BCUT2D eigenvalue weighted by Crippen LogP contribution is 2.20. The second-order valence-electron chi connectivity index (χ2n) is 8.27. The van der Waals surface area contributed by atoms with E-state index >= 15 is 0 Å². The van der Waals surface area contributed by atoms with Crippen LogP contribution in [0.2, 0.25) is 0 Å². The summed E-state index contributed by atoms with van der Waals surface area (Å²) in [7, 11) is 0. The normalized spacial score (nSPS) is 17.0. The van der Waals surface area contributed by atoms with E-state index in [4.69, 9.17) is 9.47 Å². The zero-order chi connectivity index (χ0) is 22.1. The third-order valence-corrected chi connectivity index (χ3v) is 5.78. The highest BCUT2D eigenvalue weighted by atomic mass is 16.5. The molecule has 2 aliphatic heterocycles. The van der Waals surface area contributed by atoms with Crippen LogP contribution in [-0.4, -0.2) is 64.2 Å². The lowest BCUT2D eigenvalue weighted by Gasteiger charge is -2.38. The largest absolute Gasteiger partial charge is 0.486 e. The van der Waals surface area contributed by atoms with E-state index in [-0.39, 0.29) is 23.6 Å². The number of hydrogen-bond acceptors (Lipinski definition) is 7. The summed E-state index contributed by atoms with van der Waals surface area (Å²) in [5.41, 5.74) is 3.68. The molecular weight excluding hydrogens is 410 g/mol. The molecule has 0 bridgehead atoms. The molecule has 0 saturated carbocycles. The Bertz CT molecular complexity index is 1180. The van der Waals surface area contributed by atoms with Gasteiger partial charge >= 0.3 is 0 Å². The Hall–Kier alpha value is -3.30. The lowest BCUT2D eigenvalue weighted by molar-refractivity contribution is -0.00356. The lowest BCUT2D eigenvalue weighted by atomic mass is 10.1. The van der Waals surface area contributed by atoms with Crippen LogP contribution in [0.3, 0.4) is 0 Å². The number of aromatic amines is 1. The fraction of sp³-hybridized carbons (Fsp3) is 0.391. The third-order valence-electron chi connectivity index (χ3n) is 5.78. The topological polar surface area (TPSA) is 109 Å². The summed E-state index contributed by atoms with van der Waals surface area (Å²) in [4.78, 5) is 38.0. The number of nitrogens with one attached hydrogen (secondary N) is 2. The Morgan fingerprint density at radius 2 is 2.09 bits per heavy atom. The van der Waals surface area contributed by atoms with Crippen molar-refractivity contribution < 1.29 is 14.3 Å². The standard InChI is InChI=1S/C23H25N5O4/c1-2-15-6-20-21(27-22(15)29)5-14(7-24-20)9-28-10-18(11-28)32-17-3-4-19(25-8-17)23(30)26-16-12-31-13-16/h3-8,16,18H,2,9-13H2,1H3,(H,26,30)(H,27,29). The van der Waals surface area contributed by atoms with Crippen molar-refractivity contribution in [2.24, 2.45) is 0 Å². The Balaban J connectivity index is 1.13. The summed E-state index contributed by atoms with van der Waals surface area (Å²) in [6, 6.07) is 7.37. The zero-order valence-electron chi connectivity index (χ0n) is 17.8. The van der Waals surface area contributed by atoms with Gasteiger partial charge in [0.25, 0.3) is 11.5 Å². The lowest BCUT2D eigenvalue weighted by Crippen LogP contribution is -2.53. The maximum atomic E-state index is 12.1. The van der Waals surface area contributed by atoms with Crippen molar-refractivity contribution >= 4 is 16.9 Å². The highest BCUT2D eigenvalue weighted by Gasteiger charge is 2.29. The van der Waals surface area contributed by atoms with Crippen molar-refractivity contribution in [1.82, 2.24) is 25.2 Å². The van der Waals surface area contributed by atoms with Crippen LogP contribution in [0.1, 0.15) is 28.5 Å². The van der Waals surface area contributed by atoms with Gasteiger partial charge in [0, 0.05) is 31.4 Å². The fourth-order valence-corrected chi connectivity index (χ4v) is 3.86. The number of fused-ring (bicyclic) bond motifs is 1. The summed E-state index contributed by atoms with van der Waals surface area (Å²) < 4.78 is 11.0. The van der Waals surface area contributed by atoms with Crippen LogP contribution in [0.5, 0.6) is 5.75 Å². The quantitative estimate of drug-likeness (QED) is 0.575. The van der Waals surface area contributed by atoms with Crippen LogP contribution in [0.25, 0.3) is 11.0 Å². The molecule has 0 aromatic carbocycles. The minimum Gasteiger partial charge on any atom is -0.486 e. The van der Waals surface area contributed by atoms with Crippen LogP contribution in [0, 0.1) is 0 Å². The number of likely N-dealkylation sites (tertiary alicyclic amines) is 1. The molecule has 166 valence electrons. The molecule has 0 unspecified atom stereocenters. The van der Waals surface area contributed by atoms with Crippen molar-refractivity contribution in [3.8, 4) is 5.75 Å². The molecule has 9 nitrogen and oxygen atoms in total. The van der Waals surface area contributed by atoms with Crippen LogP contribution >= 0.6 is 0 Å². The van der Waals surface area contributed by atoms with Gasteiger partial charge in [-0.05, 0) is 36.2 Å². The van der Waals surface area contributed by atoms with Crippen molar-refractivity contribution in [1.29, 1.82) is 0 Å². The van der Waals surface area contributed by atoms with Crippen LogP contribution in [0.4, 0.5) is 0 Å². The SMILES string of the molecule is CCc1cc2ncc(CN3CC(Oc4ccc(C(=O)NC5COC5)nc4)C3)cc2[nH]c1=O. The second kappa shape index (κ2) is 8.68. The minimum atomic E-state index is -0.198. The molecule has 0 aliphatic carbocycles. The van der Waals surface area contributed by atoms with Crippen LogP contribution in [0.15, 0.2) is 41.5 Å². The first-order valence-corrected chi connectivity index (χ1v) is 10.8. The summed E-state index contributed by atoms with van der Waals surface area (Å²) in [6.45, 7) is 5.37. The molecule has 3 aromatic rings. The number of carbonyl (C=O) groups is 1. The average Bonchev–Trinajstić information content (AvgIpc) is 2.74. The molecule has 3 aromatic heterocycles. The molecule has 0 spiro atoms. The Kier molecular flexibility index (Phi) is 5.59. The molecule has 32 heavy (non-hydrogen) atoms. The van der Waals surface area contributed by atoms with Crippen molar-refractivity contribution in [2.75, 3.05) is 26.3 Å². The first-order chi connectivity index (χ1) is 15.6. The van der Waals surface area contributed by atoms with Crippen molar-refractivity contribution in [3.05, 3.63) is 63.8 Å². The third kappa shape index (κ3) is 4.35. The van der Waals surface area contributed by atoms with E-state index in [1.165, 1.54) is 0 Å². The maximum Gasteiger partial charge on any atom is 0.270 e. The molecule has 2 saturated heterocycles. The van der Waals surface area contributed by atoms with E-state index in [0.29, 0.717) is 31.1 Å². The van der Waals surface area contributed by atoms with Gasteiger partial charge in [0.2, 0.25) is 0 Å². The van der Waals surface area contributed by atoms with Crippen molar-refractivity contribution in [3.63, 3.8) is 0 Å². The number of H-pyrrole nitrogens is 1. The van der Waals surface area contributed by atoms with Gasteiger partial charge in [-0.1, -0.05) is 6.92 Å². The zero-order valence-corrected chi connectivity index (χ0v) is 17.8. The summed E-state index contributed by atoms with van der Waals surface area (Å²) in [5.74, 6) is 0.450. The van der Waals surface area contributed by atoms with E-state index in [1.54, 1.807) is 18.3 Å². The number of amides is 1. The highest BCUT2D eigenvalue weighted by molar-refractivity contribution is 5.92. The second-order valence-corrected chi connectivity index (χ2v) is 8.27. The fourth-order valence-electron chi connectivity index (χ4n) is 3.86. The number of nitrogens with zero attached hydrogens (tertiary/aromatic N) is 3. The molecule has 2 N–H and O–H groups in total. The molecule has 5 heterocycles. The van der Waals surface area contributed by atoms with Crippen molar-refractivity contribution in [2.45, 2.75) is 32.0 Å². The molecule has 1 amide bonds. The molecule has 5 rings (SSSR count). The molecular formula is C23H25N5O4. The Morgan fingerprint density at radius 1 is 1.25 bits per heavy atom. The summed E-state index contributed by atoms with van der Waals surface area (Å²) >= 11 is 0. The van der Waals surface area contributed by atoms with Gasteiger partial charge in [0.15, 0.2) is 0 Å². The number of pyridine rings is 3. The molecule has 2 fully saturated rings. The number of aryl methyl sites for hydroxylation is 1. The summed E-state index contributed by atoms with van der Waals surface area (Å²) in [5, 5.41) is 2.87.